The number of hydrogen-bond donors (Lipinski definition) is 1. The summed E-state index contributed by atoms with van der Waals surface area (Å²) in [5.41, 5.74) is 7.11. The minimum atomic E-state index is -1.12. The molecule has 208 valence electrons. The maximum atomic E-state index is 12.8. The number of ether oxygens (including phenoxy) is 2. The number of carboxylic acids is 1. The molecule has 15 heteroatoms. The monoisotopic (exact) mass is 535 g/mol. The van der Waals surface area contributed by atoms with Gasteiger partial charge in [-0.05, 0) is 59.2 Å². The van der Waals surface area contributed by atoms with E-state index in [0.717, 1.165) is 0 Å². The molecule has 1 aromatic rings. The van der Waals surface area contributed by atoms with Crippen molar-refractivity contribution >= 4 is 35.6 Å². The number of hydrogen-bond acceptors (Lipinski definition) is 10. The molecule has 0 spiro atoms. The third-order valence-corrected chi connectivity index (χ3v) is 4.80. The Morgan fingerprint density at radius 3 is 2.05 bits per heavy atom. The number of imide groups is 1. The molecule has 1 N–H and O–H groups in total. The van der Waals surface area contributed by atoms with Crippen LogP contribution in [0.3, 0.4) is 0 Å². The number of rotatable bonds is 7. The largest absolute Gasteiger partial charge is 0.481 e. The molecule has 0 aromatic carbocycles. The molecule has 0 aliphatic carbocycles. The second-order valence-electron chi connectivity index (χ2n) is 10.3. The second kappa shape index (κ2) is 12.4. The number of azide groups is 1. The van der Waals surface area contributed by atoms with Crippen molar-refractivity contribution in [3.8, 4) is 0 Å². The lowest BCUT2D eigenvalue weighted by Gasteiger charge is -2.35. The standard InChI is InChI=1S/C23H33N7O8/c1-22(2,3)37-20(34)30(21(35)38-23(4,5)6)36-14-18(31)29-11-9-28(10-12-29)17-8-7-15(26-27-24)16(25-17)13-19(32)33/h7-8H,9-14H2,1-6H3,(H,32,33). The highest BCUT2D eigenvalue weighted by Gasteiger charge is 2.34. The van der Waals surface area contributed by atoms with Crippen molar-refractivity contribution in [1.29, 1.82) is 0 Å². The average molecular weight is 536 g/mol. The van der Waals surface area contributed by atoms with Gasteiger partial charge in [-0.3, -0.25) is 9.59 Å². The molecule has 2 rings (SSSR count). The summed E-state index contributed by atoms with van der Waals surface area (Å²) in [6.07, 6.45) is -2.64. The molecule has 3 amide bonds. The van der Waals surface area contributed by atoms with Gasteiger partial charge in [-0.25, -0.2) is 19.4 Å². The Hall–Kier alpha value is -4.10. The van der Waals surface area contributed by atoms with Gasteiger partial charge in [0.05, 0.1) is 17.8 Å². The first-order valence-electron chi connectivity index (χ1n) is 11.8. The molecule has 2 heterocycles. The quantitative estimate of drug-likeness (QED) is 0.234. The second-order valence-corrected chi connectivity index (χ2v) is 10.3. The number of aromatic nitrogens is 1. The SMILES string of the molecule is CC(C)(C)OC(=O)N(OCC(=O)N1CCN(c2ccc(N=[N+]=[N-])c(CC(=O)O)n2)CC1)C(=O)OC(C)(C)C. The number of carbonyl (C=O) groups is 4. The van der Waals surface area contributed by atoms with E-state index < -0.39 is 48.3 Å². The Bertz CT molecular complexity index is 1070. The van der Waals surface area contributed by atoms with E-state index in [2.05, 4.69) is 15.0 Å². The molecule has 38 heavy (non-hydrogen) atoms. The van der Waals surface area contributed by atoms with Crippen LogP contribution < -0.4 is 4.90 Å². The minimum Gasteiger partial charge on any atom is -0.481 e. The van der Waals surface area contributed by atoms with Gasteiger partial charge >= 0.3 is 18.2 Å². The Balaban J connectivity index is 2.03. The van der Waals surface area contributed by atoms with E-state index in [-0.39, 0.29) is 24.5 Å². The highest BCUT2D eigenvalue weighted by atomic mass is 16.8. The number of aliphatic carboxylic acids is 1. The summed E-state index contributed by atoms with van der Waals surface area (Å²) in [5, 5.41) is 12.9. The van der Waals surface area contributed by atoms with Gasteiger partial charge in [0, 0.05) is 31.1 Å². The number of nitrogens with zero attached hydrogens (tertiary/aromatic N) is 7. The predicted molar refractivity (Wildman–Crippen MR) is 133 cm³/mol. The maximum Gasteiger partial charge on any atom is 0.444 e. The Labute approximate surface area is 219 Å². The normalized spacial score (nSPS) is 13.8. The number of pyridine rings is 1. The van der Waals surface area contributed by atoms with E-state index >= 15 is 0 Å². The molecule has 0 radical (unpaired) electrons. The van der Waals surface area contributed by atoms with Crippen LogP contribution in [0.15, 0.2) is 17.2 Å². The van der Waals surface area contributed by atoms with Crippen LogP contribution in [-0.4, -0.2) is 88.1 Å². The molecule has 0 atom stereocenters. The van der Waals surface area contributed by atoms with Crippen LogP contribution in [0, 0.1) is 0 Å². The zero-order valence-corrected chi connectivity index (χ0v) is 22.3. The number of carbonyl (C=O) groups excluding carboxylic acids is 3. The maximum absolute atomic E-state index is 12.8. The molecule has 0 bridgehead atoms. The fraction of sp³-hybridized carbons (Fsp3) is 0.609. The van der Waals surface area contributed by atoms with Gasteiger partial charge in [0.25, 0.3) is 5.91 Å². The van der Waals surface area contributed by atoms with E-state index in [1.807, 2.05) is 4.90 Å². The van der Waals surface area contributed by atoms with E-state index in [1.54, 1.807) is 47.6 Å². The van der Waals surface area contributed by atoms with Crippen molar-refractivity contribution in [3.05, 3.63) is 28.3 Å². The number of hydroxylamine groups is 2. The highest BCUT2D eigenvalue weighted by molar-refractivity contribution is 5.87. The van der Waals surface area contributed by atoms with Crippen molar-refractivity contribution in [3.63, 3.8) is 0 Å². The van der Waals surface area contributed by atoms with Crippen molar-refractivity contribution < 1.29 is 38.6 Å². The number of amides is 3. The van der Waals surface area contributed by atoms with Crippen molar-refractivity contribution in [2.75, 3.05) is 37.7 Å². The van der Waals surface area contributed by atoms with E-state index in [4.69, 9.17) is 24.9 Å². The van der Waals surface area contributed by atoms with E-state index in [9.17, 15) is 19.2 Å². The van der Waals surface area contributed by atoms with Crippen LogP contribution in [0.1, 0.15) is 47.2 Å². The summed E-state index contributed by atoms with van der Waals surface area (Å²) < 4.78 is 10.4. The van der Waals surface area contributed by atoms with Gasteiger partial charge in [0.1, 0.15) is 17.0 Å². The third-order valence-electron chi connectivity index (χ3n) is 4.80. The zero-order valence-electron chi connectivity index (χ0n) is 22.3. The third kappa shape index (κ3) is 9.41. The summed E-state index contributed by atoms with van der Waals surface area (Å²) in [4.78, 5) is 64.6. The lowest BCUT2D eigenvalue weighted by Crippen LogP contribution is -2.51. The lowest BCUT2D eigenvalue weighted by molar-refractivity contribution is -0.162. The fourth-order valence-corrected chi connectivity index (χ4v) is 3.25. The number of piperazine rings is 1. The summed E-state index contributed by atoms with van der Waals surface area (Å²) in [6.45, 7) is 10.4. The Morgan fingerprint density at radius 2 is 1.58 bits per heavy atom. The van der Waals surface area contributed by atoms with Crippen LogP contribution in [-0.2, 0) is 30.3 Å². The van der Waals surface area contributed by atoms with Crippen molar-refractivity contribution in [1.82, 2.24) is 14.9 Å². The van der Waals surface area contributed by atoms with Gasteiger partial charge in [0.15, 0.2) is 6.61 Å². The fourth-order valence-electron chi connectivity index (χ4n) is 3.25. The van der Waals surface area contributed by atoms with Gasteiger partial charge < -0.3 is 24.4 Å². The first-order chi connectivity index (χ1) is 17.6. The Morgan fingerprint density at radius 1 is 1.03 bits per heavy atom. The first-order valence-corrected chi connectivity index (χ1v) is 11.8. The van der Waals surface area contributed by atoms with Gasteiger partial charge in [-0.1, -0.05) is 10.2 Å². The van der Waals surface area contributed by atoms with Gasteiger partial charge in [-0.15, -0.1) is 0 Å². The first kappa shape index (κ1) is 30.1. The lowest BCUT2D eigenvalue weighted by atomic mass is 10.2. The Kier molecular flexibility index (Phi) is 9.85. The summed E-state index contributed by atoms with van der Waals surface area (Å²) in [7, 11) is 0. The van der Waals surface area contributed by atoms with E-state index in [0.29, 0.717) is 24.0 Å². The van der Waals surface area contributed by atoms with Crippen LogP contribution in [0.4, 0.5) is 21.1 Å². The smallest absolute Gasteiger partial charge is 0.444 e. The van der Waals surface area contributed by atoms with Gasteiger partial charge in [-0.2, -0.15) is 0 Å². The van der Waals surface area contributed by atoms with Gasteiger partial charge in [0.2, 0.25) is 0 Å². The summed E-state index contributed by atoms with van der Waals surface area (Å²) in [6, 6.07) is 3.10. The molecule has 15 nitrogen and oxygen atoms in total. The topological polar surface area (TPSA) is 188 Å². The highest BCUT2D eigenvalue weighted by Crippen LogP contribution is 2.24. The molecule has 0 saturated carbocycles. The summed E-state index contributed by atoms with van der Waals surface area (Å²) >= 11 is 0. The van der Waals surface area contributed by atoms with Crippen molar-refractivity contribution in [2.24, 2.45) is 5.11 Å². The van der Waals surface area contributed by atoms with E-state index in [1.165, 1.54) is 11.0 Å². The molecule has 1 aliphatic heterocycles. The predicted octanol–water partition coefficient (Wildman–Crippen LogP) is 3.40. The van der Waals surface area contributed by atoms with Crippen LogP contribution in [0.25, 0.3) is 10.4 Å². The molecule has 1 fully saturated rings. The van der Waals surface area contributed by atoms with Crippen molar-refractivity contribution in [2.45, 2.75) is 59.2 Å². The zero-order chi connectivity index (χ0) is 28.7. The molecule has 0 unspecified atom stereocenters. The molecular weight excluding hydrogens is 502 g/mol. The molecular formula is C23H33N7O8. The number of carboxylic acid groups (broad SMARTS) is 1. The van der Waals surface area contributed by atoms with Crippen LogP contribution in [0.5, 0.6) is 0 Å². The molecule has 1 aliphatic rings. The van der Waals surface area contributed by atoms with Crippen LogP contribution >= 0.6 is 0 Å². The number of anilines is 1. The minimum absolute atomic E-state index is 0.129. The molecule has 1 aromatic heterocycles. The average Bonchev–Trinajstić information content (AvgIpc) is 2.77. The summed E-state index contributed by atoms with van der Waals surface area (Å²) in [5.74, 6) is -1.12. The molecule has 1 saturated heterocycles. The van der Waals surface area contributed by atoms with Crippen LogP contribution in [0.2, 0.25) is 0 Å².